The topological polar surface area (TPSA) is 58.6 Å². The summed E-state index contributed by atoms with van der Waals surface area (Å²) in [6, 6.07) is 3.97. The van der Waals surface area contributed by atoms with E-state index < -0.39 is 6.10 Å². The Hall–Kier alpha value is -1.62. The van der Waals surface area contributed by atoms with Gasteiger partial charge in [-0.05, 0) is 30.5 Å². The molecule has 4 nitrogen and oxygen atoms in total. The molecule has 1 aliphatic rings. The van der Waals surface area contributed by atoms with Gasteiger partial charge in [0, 0.05) is 12.0 Å². The zero-order chi connectivity index (χ0) is 14.7. The summed E-state index contributed by atoms with van der Waals surface area (Å²) in [6.07, 6.45) is 0.419. The van der Waals surface area contributed by atoms with Crippen LogP contribution in [0.3, 0.4) is 0 Å². The van der Waals surface area contributed by atoms with E-state index in [-0.39, 0.29) is 24.4 Å². The van der Waals surface area contributed by atoms with E-state index in [1.807, 2.05) is 13.8 Å². The third-order valence-electron chi connectivity index (χ3n) is 3.31. The monoisotopic (exact) mass is 281 g/mol. The molecule has 2 N–H and O–H groups in total. The highest BCUT2D eigenvalue weighted by molar-refractivity contribution is 5.82. The number of amides is 1. The van der Waals surface area contributed by atoms with Gasteiger partial charge in [0.05, 0.1) is 12.6 Å². The summed E-state index contributed by atoms with van der Waals surface area (Å²) in [5.41, 5.74) is 0.703. The van der Waals surface area contributed by atoms with Crippen LogP contribution < -0.4 is 10.1 Å². The SMILES string of the molecule is CC(C)CC(CO)NC(=O)C1Cc2cc(F)ccc2O1. The lowest BCUT2D eigenvalue weighted by atomic mass is 10.0. The first-order chi connectivity index (χ1) is 9.49. The Morgan fingerprint density at radius 1 is 1.55 bits per heavy atom. The average molecular weight is 281 g/mol. The maximum Gasteiger partial charge on any atom is 0.261 e. The normalized spacial score (nSPS) is 18.6. The number of hydrogen-bond acceptors (Lipinski definition) is 3. The third kappa shape index (κ3) is 3.48. The number of fused-ring (bicyclic) bond motifs is 1. The van der Waals surface area contributed by atoms with Gasteiger partial charge in [-0.3, -0.25) is 4.79 Å². The van der Waals surface area contributed by atoms with E-state index in [1.54, 1.807) is 0 Å². The van der Waals surface area contributed by atoms with E-state index in [0.717, 1.165) is 0 Å². The summed E-state index contributed by atoms with van der Waals surface area (Å²) < 4.78 is 18.6. The Morgan fingerprint density at radius 3 is 2.95 bits per heavy atom. The van der Waals surface area contributed by atoms with Crippen LogP contribution in [0.15, 0.2) is 18.2 Å². The Morgan fingerprint density at radius 2 is 2.30 bits per heavy atom. The van der Waals surface area contributed by atoms with Crippen molar-refractivity contribution >= 4 is 5.91 Å². The third-order valence-corrected chi connectivity index (χ3v) is 3.31. The van der Waals surface area contributed by atoms with Crippen LogP contribution in [0.5, 0.6) is 5.75 Å². The molecule has 0 aliphatic carbocycles. The van der Waals surface area contributed by atoms with Gasteiger partial charge >= 0.3 is 0 Å². The second kappa shape index (κ2) is 6.22. The molecular formula is C15H20FNO3. The fourth-order valence-corrected chi connectivity index (χ4v) is 2.41. The average Bonchev–Trinajstić information content (AvgIpc) is 2.80. The molecule has 2 rings (SSSR count). The van der Waals surface area contributed by atoms with E-state index in [4.69, 9.17) is 4.74 Å². The Bertz CT molecular complexity index is 490. The highest BCUT2D eigenvalue weighted by Gasteiger charge is 2.30. The number of carbonyl (C=O) groups excluding carboxylic acids is 1. The summed E-state index contributed by atoms with van der Waals surface area (Å²) in [5, 5.41) is 12.1. The first-order valence-electron chi connectivity index (χ1n) is 6.86. The predicted molar refractivity (Wildman–Crippen MR) is 73.0 cm³/mol. The molecule has 1 aromatic carbocycles. The van der Waals surface area contributed by atoms with Gasteiger partial charge in [0.15, 0.2) is 6.10 Å². The van der Waals surface area contributed by atoms with Gasteiger partial charge in [-0.15, -0.1) is 0 Å². The first kappa shape index (κ1) is 14.8. The van der Waals surface area contributed by atoms with E-state index >= 15 is 0 Å². The number of ether oxygens (including phenoxy) is 1. The smallest absolute Gasteiger partial charge is 0.261 e. The molecule has 2 unspecified atom stereocenters. The number of aliphatic hydroxyl groups excluding tert-OH is 1. The van der Waals surface area contributed by atoms with Crippen molar-refractivity contribution in [1.29, 1.82) is 0 Å². The van der Waals surface area contributed by atoms with Crippen LogP contribution in [0.25, 0.3) is 0 Å². The van der Waals surface area contributed by atoms with Crippen molar-refractivity contribution in [1.82, 2.24) is 5.32 Å². The van der Waals surface area contributed by atoms with Gasteiger partial charge in [-0.2, -0.15) is 0 Å². The van der Waals surface area contributed by atoms with Crippen molar-refractivity contribution in [3.8, 4) is 5.75 Å². The molecule has 0 bridgehead atoms. The number of halogens is 1. The molecule has 0 radical (unpaired) electrons. The van der Waals surface area contributed by atoms with Gasteiger partial charge in [0.25, 0.3) is 5.91 Å². The zero-order valence-electron chi connectivity index (χ0n) is 11.7. The summed E-state index contributed by atoms with van der Waals surface area (Å²) in [4.78, 5) is 12.1. The predicted octanol–water partition coefficient (Wildman–Crippen LogP) is 1.65. The molecule has 0 aromatic heterocycles. The number of aliphatic hydroxyl groups is 1. The Kier molecular flexibility index (Phi) is 4.60. The molecule has 1 amide bonds. The minimum Gasteiger partial charge on any atom is -0.480 e. The Balaban J connectivity index is 1.95. The molecule has 0 saturated carbocycles. The number of hydrogen-bond donors (Lipinski definition) is 2. The van der Waals surface area contributed by atoms with Crippen molar-refractivity contribution in [2.24, 2.45) is 5.92 Å². The second-order valence-corrected chi connectivity index (χ2v) is 5.58. The maximum absolute atomic E-state index is 13.1. The number of rotatable bonds is 5. The summed E-state index contributed by atoms with van der Waals surface area (Å²) >= 11 is 0. The van der Waals surface area contributed by atoms with Gasteiger partial charge in [0.1, 0.15) is 11.6 Å². The zero-order valence-corrected chi connectivity index (χ0v) is 11.7. The summed E-state index contributed by atoms with van der Waals surface area (Å²) in [5.74, 6) is 0.335. The molecule has 1 aliphatic heterocycles. The lowest BCUT2D eigenvalue weighted by Gasteiger charge is -2.20. The van der Waals surface area contributed by atoms with Crippen LogP contribution >= 0.6 is 0 Å². The lowest BCUT2D eigenvalue weighted by molar-refractivity contribution is -0.128. The molecule has 0 spiro atoms. The van der Waals surface area contributed by atoms with Crippen molar-refractivity contribution in [3.63, 3.8) is 0 Å². The molecule has 0 fully saturated rings. The quantitative estimate of drug-likeness (QED) is 0.863. The van der Waals surface area contributed by atoms with Crippen LogP contribution in [-0.4, -0.2) is 29.8 Å². The highest BCUT2D eigenvalue weighted by atomic mass is 19.1. The van der Waals surface area contributed by atoms with Crippen LogP contribution in [-0.2, 0) is 11.2 Å². The maximum atomic E-state index is 13.1. The standard InChI is InChI=1S/C15H20FNO3/c1-9(2)5-12(8-18)17-15(19)14-7-10-6-11(16)3-4-13(10)20-14/h3-4,6,9,12,14,18H,5,7-8H2,1-2H3,(H,17,19). The summed E-state index contributed by atoms with van der Waals surface area (Å²) in [7, 11) is 0. The number of nitrogens with one attached hydrogen (secondary N) is 1. The van der Waals surface area contributed by atoms with E-state index in [1.165, 1.54) is 18.2 Å². The highest BCUT2D eigenvalue weighted by Crippen LogP contribution is 2.29. The molecule has 110 valence electrons. The van der Waals surface area contributed by atoms with Gasteiger partial charge < -0.3 is 15.2 Å². The Labute approximate surface area is 117 Å². The fraction of sp³-hybridized carbons (Fsp3) is 0.533. The first-order valence-corrected chi connectivity index (χ1v) is 6.86. The van der Waals surface area contributed by atoms with Crippen molar-refractivity contribution < 1.29 is 19.0 Å². The van der Waals surface area contributed by atoms with E-state index in [2.05, 4.69) is 5.32 Å². The molecule has 20 heavy (non-hydrogen) atoms. The van der Waals surface area contributed by atoms with Gasteiger partial charge in [-0.25, -0.2) is 4.39 Å². The van der Waals surface area contributed by atoms with Crippen molar-refractivity contribution in [2.45, 2.75) is 38.8 Å². The molecule has 1 aromatic rings. The van der Waals surface area contributed by atoms with Crippen LogP contribution in [0.1, 0.15) is 25.8 Å². The minimum atomic E-state index is -0.645. The number of carbonyl (C=O) groups is 1. The molecule has 0 saturated heterocycles. The molecule has 5 heteroatoms. The van der Waals surface area contributed by atoms with Crippen LogP contribution in [0, 0.1) is 11.7 Å². The summed E-state index contributed by atoms with van der Waals surface area (Å²) in [6.45, 7) is 3.96. The second-order valence-electron chi connectivity index (χ2n) is 5.58. The lowest BCUT2D eigenvalue weighted by Crippen LogP contribution is -2.45. The molecular weight excluding hydrogens is 261 g/mol. The number of benzene rings is 1. The minimum absolute atomic E-state index is 0.0990. The van der Waals surface area contributed by atoms with Gasteiger partial charge in [0.2, 0.25) is 0 Å². The fourth-order valence-electron chi connectivity index (χ4n) is 2.41. The van der Waals surface area contributed by atoms with E-state index in [0.29, 0.717) is 30.1 Å². The van der Waals surface area contributed by atoms with Crippen molar-refractivity contribution in [2.75, 3.05) is 6.61 Å². The van der Waals surface area contributed by atoms with Crippen LogP contribution in [0.2, 0.25) is 0 Å². The van der Waals surface area contributed by atoms with Crippen LogP contribution in [0.4, 0.5) is 4.39 Å². The largest absolute Gasteiger partial charge is 0.480 e. The molecule has 1 heterocycles. The molecule has 2 atom stereocenters. The van der Waals surface area contributed by atoms with Crippen molar-refractivity contribution in [3.05, 3.63) is 29.6 Å². The van der Waals surface area contributed by atoms with Gasteiger partial charge in [-0.1, -0.05) is 13.8 Å². The van der Waals surface area contributed by atoms with E-state index in [9.17, 15) is 14.3 Å².